The normalized spacial score (nSPS) is 18.8. The van der Waals surface area contributed by atoms with E-state index in [-0.39, 0.29) is 24.2 Å². The van der Waals surface area contributed by atoms with E-state index < -0.39 is 5.76 Å². The van der Waals surface area contributed by atoms with E-state index >= 15 is 0 Å². The summed E-state index contributed by atoms with van der Waals surface area (Å²) >= 11 is 0. The van der Waals surface area contributed by atoms with Crippen LogP contribution < -0.4 is 5.76 Å². The molecule has 156 valence electrons. The number of carbonyl (C=O) groups excluding carboxylic acids is 2. The minimum atomic E-state index is -0.430. The molecule has 0 radical (unpaired) electrons. The average Bonchev–Trinajstić information content (AvgIpc) is 2.90. The summed E-state index contributed by atoms with van der Waals surface area (Å²) in [7, 11) is 0. The molecule has 0 bridgehead atoms. The van der Waals surface area contributed by atoms with Crippen LogP contribution in [0.25, 0.3) is 11.1 Å². The highest BCUT2D eigenvalue weighted by atomic mass is 16.4. The van der Waals surface area contributed by atoms with Gasteiger partial charge in [-0.05, 0) is 37.8 Å². The van der Waals surface area contributed by atoms with Gasteiger partial charge in [0.25, 0.3) is 0 Å². The van der Waals surface area contributed by atoms with Crippen molar-refractivity contribution in [3.8, 4) is 0 Å². The first-order chi connectivity index (χ1) is 14.1. The standard InChI is InChI=1S/C22H29N3O4/c26-20(11-16-25-18-7-3-4-8-19(18)29-22(25)28)23-14-9-17(10-15-23)21(27)24-12-5-1-2-6-13-24/h3-4,7-8,17H,1-2,5-6,9-16H2. The topological polar surface area (TPSA) is 75.8 Å². The fourth-order valence-corrected chi connectivity index (χ4v) is 4.52. The third-order valence-electron chi connectivity index (χ3n) is 6.24. The summed E-state index contributed by atoms with van der Waals surface area (Å²) in [4.78, 5) is 41.4. The molecule has 2 fully saturated rings. The van der Waals surface area contributed by atoms with Crippen LogP contribution in [0.15, 0.2) is 33.5 Å². The van der Waals surface area contributed by atoms with Gasteiger partial charge < -0.3 is 14.2 Å². The highest BCUT2D eigenvalue weighted by Crippen LogP contribution is 2.22. The van der Waals surface area contributed by atoms with Crippen LogP contribution in [0.5, 0.6) is 0 Å². The zero-order valence-electron chi connectivity index (χ0n) is 16.8. The Labute approximate surface area is 170 Å². The molecular weight excluding hydrogens is 370 g/mol. The minimum Gasteiger partial charge on any atom is -0.408 e. The van der Waals surface area contributed by atoms with Gasteiger partial charge in [0.2, 0.25) is 11.8 Å². The van der Waals surface area contributed by atoms with E-state index in [4.69, 9.17) is 4.42 Å². The third kappa shape index (κ3) is 4.38. The molecule has 2 aliphatic rings. The molecule has 7 heteroatoms. The lowest BCUT2D eigenvalue weighted by Gasteiger charge is -2.34. The number of aromatic nitrogens is 1. The summed E-state index contributed by atoms with van der Waals surface area (Å²) in [6.45, 7) is 3.30. The van der Waals surface area contributed by atoms with Gasteiger partial charge in [-0.15, -0.1) is 0 Å². The zero-order chi connectivity index (χ0) is 20.2. The summed E-state index contributed by atoms with van der Waals surface area (Å²) < 4.78 is 6.74. The molecule has 2 aromatic rings. The van der Waals surface area contributed by atoms with Crippen LogP contribution in [0.2, 0.25) is 0 Å². The first kappa shape index (κ1) is 19.7. The number of hydrogen-bond donors (Lipinski definition) is 0. The minimum absolute atomic E-state index is 0.0304. The van der Waals surface area contributed by atoms with Crippen LogP contribution in [0.3, 0.4) is 0 Å². The summed E-state index contributed by atoms with van der Waals surface area (Å²) in [6, 6.07) is 7.24. The number of piperidine rings is 1. The number of benzene rings is 1. The molecule has 0 N–H and O–H groups in total. The Morgan fingerprint density at radius 1 is 0.931 bits per heavy atom. The molecule has 1 aromatic carbocycles. The molecule has 3 heterocycles. The maximum absolute atomic E-state index is 12.8. The predicted octanol–water partition coefficient (Wildman–Crippen LogP) is 2.63. The van der Waals surface area contributed by atoms with E-state index in [0.717, 1.165) is 38.8 Å². The van der Waals surface area contributed by atoms with E-state index in [1.807, 2.05) is 28.0 Å². The van der Waals surface area contributed by atoms with Crippen molar-refractivity contribution >= 4 is 22.9 Å². The van der Waals surface area contributed by atoms with Gasteiger partial charge in [0, 0.05) is 45.1 Å². The van der Waals surface area contributed by atoms with Crippen molar-refractivity contribution in [1.82, 2.24) is 14.4 Å². The van der Waals surface area contributed by atoms with Crippen molar-refractivity contribution in [2.45, 2.75) is 51.5 Å². The number of likely N-dealkylation sites (tertiary alicyclic amines) is 2. The summed E-state index contributed by atoms with van der Waals surface area (Å²) in [5.74, 6) is -0.0865. The number of para-hydroxylation sites is 2. The van der Waals surface area contributed by atoms with Crippen LogP contribution in [-0.2, 0) is 16.1 Å². The number of fused-ring (bicyclic) bond motifs is 1. The van der Waals surface area contributed by atoms with Crippen LogP contribution in [0.1, 0.15) is 44.9 Å². The Morgan fingerprint density at radius 2 is 1.62 bits per heavy atom. The molecule has 29 heavy (non-hydrogen) atoms. The van der Waals surface area contributed by atoms with E-state index in [2.05, 4.69) is 0 Å². The summed E-state index contributed by atoms with van der Waals surface area (Å²) in [5, 5.41) is 0. The predicted molar refractivity (Wildman–Crippen MR) is 109 cm³/mol. The van der Waals surface area contributed by atoms with Gasteiger partial charge >= 0.3 is 5.76 Å². The van der Waals surface area contributed by atoms with Crippen LogP contribution in [-0.4, -0.2) is 52.4 Å². The Morgan fingerprint density at radius 3 is 2.34 bits per heavy atom. The zero-order valence-corrected chi connectivity index (χ0v) is 16.8. The van der Waals surface area contributed by atoms with Crippen molar-refractivity contribution < 1.29 is 14.0 Å². The van der Waals surface area contributed by atoms with Gasteiger partial charge in [0.1, 0.15) is 0 Å². The van der Waals surface area contributed by atoms with Crippen molar-refractivity contribution in [2.24, 2.45) is 5.92 Å². The van der Waals surface area contributed by atoms with Gasteiger partial charge in [-0.2, -0.15) is 0 Å². The Bertz CT molecular complexity index is 916. The number of oxazole rings is 1. The van der Waals surface area contributed by atoms with Gasteiger partial charge in [0.05, 0.1) is 5.52 Å². The molecule has 4 rings (SSSR count). The van der Waals surface area contributed by atoms with E-state index in [1.165, 1.54) is 17.4 Å². The molecule has 7 nitrogen and oxygen atoms in total. The van der Waals surface area contributed by atoms with Crippen molar-refractivity contribution in [1.29, 1.82) is 0 Å². The fraction of sp³-hybridized carbons (Fsp3) is 0.591. The van der Waals surface area contributed by atoms with Crippen LogP contribution >= 0.6 is 0 Å². The second kappa shape index (κ2) is 8.84. The summed E-state index contributed by atoms with van der Waals surface area (Å²) in [5.41, 5.74) is 1.25. The number of hydrogen-bond acceptors (Lipinski definition) is 4. The first-order valence-corrected chi connectivity index (χ1v) is 10.8. The fourth-order valence-electron chi connectivity index (χ4n) is 4.52. The molecule has 0 unspecified atom stereocenters. The smallest absolute Gasteiger partial charge is 0.408 e. The second-order valence-electron chi connectivity index (χ2n) is 8.13. The molecule has 2 amide bonds. The molecule has 0 aliphatic carbocycles. The van der Waals surface area contributed by atoms with Gasteiger partial charge in [0.15, 0.2) is 5.58 Å². The summed E-state index contributed by atoms with van der Waals surface area (Å²) in [6.07, 6.45) is 6.35. The molecule has 2 aliphatic heterocycles. The van der Waals surface area contributed by atoms with Crippen molar-refractivity contribution in [2.75, 3.05) is 26.2 Å². The van der Waals surface area contributed by atoms with Crippen LogP contribution in [0.4, 0.5) is 0 Å². The number of carbonyl (C=O) groups is 2. The van der Waals surface area contributed by atoms with E-state index in [1.54, 1.807) is 6.07 Å². The SMILES string of the molecule is O=C(CCn1c(=O)oc2ccccc21)N1CCC(C(=O)N2CCCCCC2)CC1. The maximum Gasteiger partial charge on any atom is 0.419 e. The highest BCUT2D eigenvalue weighted by Gasteiger charge is 2.30. The highest BCUT2D eigenvalue weighted by molar-refractivity contribution is 5.80. The van der Waals surface area contributed by atoms with Gasteiger partial charge in [-0.1, -0.05) is 25.0 Å². The maximum atomic E-state index is 12.8. The van der Waals surface area contributed by atoms with Gasteiger partial charge in [-0.3, -0.25) is 14.2 Å². The first-order valence-electron chi connectivity index (χ1n) is 10.8. The van der Waals surface area contributed by atoms with E-state index in [0.29, 0.717) is 30.7 Å². The average molecular weight is 399 g/mol. The molecule has 0 atom stereocenters. The van der Waals surface area contributed by atoms with E-state index in [9.17, 15) is 14.4 Å². The second-order valence-corrected chi connectivity index (χ2v) is 8.13. The van der Waals surface area contributed by atoms with Gasteiger partial charge in [-0.25, -0.2) is 4.79 Å². The number of nitrogens with zero attached hydrogens (tertiary/aromatic N) is 3. The molecule has 1 aromatic heterocycles. The largest absolute Gasteiger partial charge is 0.419 e. The monoisotopic (exact) mass is 399 g/mol. The molecular formula is C22H29N3O4. The van der Waals surface area contributed by atoms with Crippen molar-refractivity contribution in [3.05, 3.63) is 34.8 Å². The van der Waals surface area contributed by atoms with Crippen molar-refractivity contribution in [3.63, 3.8) is 0 Å². The lowest BCUT2D eigenvalue weighted by atomic mass is 9.95. The Kier molecular flexibility index (Phi) is 6.02. The number of amides is 2. The Hall–Kier alpha value is -2.57. The quantitative estimate of drug-likeness (QED) is 0.792. The lowest BCUT2D eigenvalue weighted by Crippen LogP contribution is -2.44. The molecule has 0 spiro atoms. The third-order valence-corrected chi connectivity index (χ3v) is 6.24. The number of aryl methyl sites for hydroxylation is 1. The Balaban J connectivity index is 1.29. The molecule has 2 saturated heterocycles. The molecule has 0 saturated carbocycles. The lowest BCUT2D eigenvalue weighted by molar-refractivity contribution is -0.140. The van der Waals surface area contributed by atoms with Crippen LogP contribution in [0, 0.1) is 5.92 Å². The number of rotatable bonds is 4.